The van der Waals surface area contributed by atoms with Gasteiger partial charge in [-0.1, -0.05) is 25.1 Å². The Hall–Kier alpha value is -3.34. The van der Waals surface area contributed by atoms with Crippen LogP contribution in [0.4, 0.5) is 5.69 Å². The van der Waals surface area contributed by atoms with Gasteiger partial charge in [-0.25, -0.2) is 0 Å². The van der Waals surface area contributed by atoms with Crippen LogP contribution in [0.25, 0.3) is 6.08 Å². The Labute approximate surface area is 195 Å². The number of rotatable bonds is 10. The molecule has 0 aromatic heterocycles. The Bertz CT molecular complexity index is 990. The minimum Gasteiger partial charge on any atom is -0.490 e. The SMILES string of the molecule is CCOc1cc(C=C(C#N)C(=O)Nc2ccc(CC)cc2)ccc1OCCN1CCOCC1. The Balaban J connectivity index is 1.67. The molecule has 3 rings (SSSR count). The lowest BCUT2D eigenvalue weighted by Gasteiger charge is -2.26. The van der Waals surface area contributed by atoms with Crippen molar-refractivity contribution in [2.24, 2.45) is 0 Å². The number of ether oxygens (including phenoxy) is 3. The van der Waals surface area contributed by atoms with Crippen LogP contribution >= 0.6 is 0 Å². The molecule has 2 aromatic rings. The van der Waals surface area contributed by atoms with Crippen molar-refractivity contribution in [2.75, 3.05) is 51.4 Å². The predicted octanol–water partition coefficient (Wildman–Crippen LogP) is 3.90. The second-order valence-corrected chi connectivity index (χ2v) is 7.62. The van der Waals surface area contributed by atoms with E-state index >= 15 is 0 Å². The number of anilines is 1. The number of carbonyl (C=O) groups excluding carboxylic acids is 1. The fraction of sp³-hybridized carbons (Fsp3) is 0.385. The second kappa shape index (κ2) is 12.6. The highest BCUT2D eigenvalue weighted by atomic mass is 16.5. The monoisotopic (exact) mass is 449 g/mol. The summed E-state index contributed by atoms with van der Waals surface area (Å²) in [7, 11) is 0. The van der Waals surface area contributed by atoms with E-state index in [4.69, 9.17) is 14.2 Å². The number of hydrogen-bond acceptors (Lipinski definition) is 6. The van der Waals surface area contributed by atoms with Crippen molar-refractivity contribution < 1.29 is 19.0 Å². The van der Waals surface area contributed by atoms with Crippen LogP contribution in [0.1, 0.15) is 25.0 Å². The van der Waals surface area contributed by atoms with Crippen molar-refractivity contribution in [3.63, 3.8) is 0 Å². The van der Waals surface area contributed by atoms with Gasteiger partial charge in [-0.2, -0.15) is 5.26 Å². The molecule has 0 spiro atoms. The predicted molar refractivity (Wildman–Crippen MR) is 128 cm³/mol. The molecule has 1 amide bonds. The maximum atomic E-state index is 12.6. The number of aryl methyl sites for hydroxylation is 1. The van der Waals surface area contributed by atoms with E-state index in [0.717, 1.165) is 39.3 Å². The van der Waals surface area contributed by atoms with Gasteiger partial charge in [-0.3, -0.25) is 9.69 Å². The van der Waals surface area contributed by atoms with Crippen LogP contribution in [-0.2, 0) is 16.0 Å². The summed E-state index contributed by atoms with van der Waals surface area (Å²) in [4.78, 5) is 14.9. The van der Waals surface area contributed by atoms with Gasteiger partial charge in [0.1, 0.15) is 18.2 Å². The van der Waals surface area contributed by atoms with Crippen LogP contribution in [0.5, 0.6) is 11.5 Å². The van der Waals surface area contributed by atoms with Crippen LogP contribution in [0.2, 0.25) is 0 Å². The van der Waals surface area contributed by atoms with Crippen LogP contribution in [0, 0.1) is 11.3 Å². The first-order chi connectivity index (χ1) is 16.1. The quantitative estimate of drug-likeness (QED) is 0.437. The average molecular weight is 450 g/mol. The number of nitrogens with zero attached hydrogens (tertiary/aromatic N) is 2. The number of hydrogen-bond donors (Lipinski definition) is 1. The molecule has 174 valence electrons. The van der Waals surface area contributed by atoms with E-state index < -0.39 is 5.91 Å². The number of nitriles is 1. The number of nitrogens with one attached hydrogen (secondary N) is 1. The first kappa shape index (κ1) is 24.3. The molecule has 7 heteroatoms. The van der Waals surface area contributed by atoms with Gasteiger partial charge in [0.25, 0.3) is 5.91 Å². The molecule has 1 aliphatic heterocycles. The van der Waals surface area contributed by atoms with Crippen molar-refractivity contribution in [3.05, 3.63) is 59.2 Å². The maximum Gasteiger partial charge on any atom is 0.266 e. The molecule has 1 heterocycles. The fourth-order valence-electron chi connectivity index (χ4n) is 3.45. The Morgan fingerprint density at radius 1 is 1.12 bits per heavy atom. The molecule has 1 fully saturated rings. The van der Waals surface area contributed by atoms with E-state index in [9.17, 15) is 10.1 Å². The van der Waals surface area contributed by atoms with Crippen molar-refractivity contribution in [1.82, 2.24) is 4.90 Å². The molecule has 0 radical (unpaired) electrons. The van der Waals surface area contributed by atoms with E-state index in [2.05, 4.69) is 17.1 Å². The van der Waals surface area contributed by atoms with E-state index in [-0.39, 0.29) is 5.57 Å². The van der Waals surface area contributed by atoms with Gasteiger partial charge in [0.05, 0.1) is 19.8 Å². The van der Waals surface area contributed by atoms with Crippen LogP contribution in [0.15, 0.2) is 48.0 Å². The largest absolute Gasteiger partial charge is 0.490 e. The maximum absolute atomic E-state index is 12.6. The van der Waals surface area contributed by atoms with Gasteiger partial charge in [0.15, 0.2) is 11.5 Å². The first-order valence-corrected chi connectivity index (χ1v) is 11.3. The summed E-state index contributed by atoms with van der Waals surface area (Å²) in [5, 5.41) is 12.3. The fourth-order valence-corrected chi connectivity index (χ4v) is 3.45. The summed E-state index contributed by atoms with van der Waals surface area (Å²) < 4.78 is 17.1. The number of carbonyl (C=O) groups is 1. The van der Waals surface area contributed by atoms with Crippen LogP contribution in [0.3, 0.4) is 0 Å². The minimum atomic E-state index is -0.453. The molecule has 2 aromatic carbocycles. The number of morpholine rings is 1. The third-order valence-electron chi connectivity index (χ3n) is 5.33. The molecule has 1 saturated heterocycles. The van der Waals surface area contributed by atoms with E-state index in [1.54, 1.807) is 12.1 Å². The zero-order chi connectivity index (χ0) is 23.5. The van der Waals surface area contributed by atoms with Gasteiger partial charge < -0.3 is 19.5 Å². The zero-order valence-electron chi connectivity index (χ0n) is 19.3. The molecular formula is C26H31N3O4. The van der Waals surface area contributed by atoms with Gasteiger partial charge in [0.2, 0.25) is 0 Å². The topological polar surface area (TPSA) is 83.8 Å². The first-order valence-electron chi connectivity index (χ1n) is 11.3. The molecule has 1 N–H and O–H groups in total. The smallest absolute Gasteiger partial charge is 0.266 e. The zero-order valence-corrected chi connectivity index (χ0v) is 19.3. The van der Waals surface area contributed by atoms with Gasteiger partial charge in [-0.15, -0.1) is 0 Å². The van der Waals surface area contributed by atoms with Crippen LogP contribution in [-0.4, -0.2) is 56.9 Å². The molecular weight excluding hydrogens is 418 g/mol. The average Bonchev–Trinajstić information content (AvgIpc) is 2.85. The van der Waals surface area contributed by atoms with Crippen molar-refractivity contribution in [2.45, 2.75) is 20.3 Å². The minimum absolute atomic E-state index is 0.0120. The van der Waals surface area contributed by atoms with Gasteiger partial charge >= 0.3 is 0 Å². The number of amides is 1. The lowest BCUT2D eigenvalue weighted by atomic mass is 10.1. The highest BCUT2D eigenvalue weighted by Gasteiger charge is 2.13. The standard InChI is InChI=1S/C26H31N3O4/c1-3-20-5-8-23(9-6-20)28-26(30)22(19-27)17-21-7-10-24(25(18-21)32-4-2)33-16-13-29-11-14-31-15-12-29/h5-10,17-18H,3-4,11-16H2,1-2H3,(H,28,30). The summed E-state index contributed by atoms with van der Waals surface area (Å²) in [6.45, 7) is 9.13. The molecule has 0 aliphatic carbocycles. The molecule has 0 unspecified atom stereocenters. The third kappa shape index (κ3) is 7.35. The molecule has 0 bridgehead atoms. The Morgan fingerprint density at radius 2 is 1.88 bits per heavy atom. The summed E-state index contributed by atoms with van der Waals surface area (Å²) in [6.07, 6.45) is 2.47. The summed E-state index contributed by atoms with van der Waals surface area (Å²) in [5.41, 5.74) is 2.53. The van der Waals surface area contributed by atoms with Crippen LogP contribution < -0.4 is 14.8 Å². The Morgan fingerprint density at radius 3 is 2.55 bits per heavy atom. The highest BCUT2D eigenvalue weighted by Crippen LogP contribution is 2.29. The van der Waals surface area contributed by atoms with Crippen molar-refractivity contribution in [3.8, 4) is 17.6 Å². The number of benzene rings is 2. The van der Waals surface area contributed by atoms with Gasteiger partial charge in [0, 0.05) is 25.3 Å². The third-order valence-corrected chi connectivity index (χ3v) is 5.33. The molecule has 1 aliphatic rings. The summed E-state index contributed by atoms with van der Waals surface area (Å²) in [6, 6.07) is 15.0. The van der Waals surface area contributed by atoms with E-state index in [0.29, 0.717) is 36.0 Å². The molecule has 33 heavy (non-hydrogen) atoms. The summed E-state index contributed by atoms with van der Waals surface area (Å²) in [5.74, 6) is 0.771. The lowest BCUT2D eigenvalue weighted by molar-refractivity contribution is -0.112. The molecule has 7 nitrogen and oxygen atoms in total. The normalized spacial score (nSPS) is 14.4. The van der Waals surface area contributed by atoms with Gasteiger partial charge in [-0.05, 0) is 54.8 Å². The van der Waals surface area contributed by atoms with Crippen molar-refractivity contribution in [1.29, 1.82) is 5.26 Å². The highest BCUT2D eigenvalue weighted by molar-refractivity contribution is 6.09. The van der Waals surface area contributed by atoms with E-state index in [1.165, 1.54) is 5.56 Å². The molecule has 0 atom stereocenters. The van der Waals surface area contributed by atoms with E-state index in [1.807, 2.05) is 49.4 Å². The summed E-state index contributed by atoms with van der Waals surface area (Å²) >= 11 is 0. The second-order valence-electron chi connectivity index (χ2n) is 7.62. The lowest BCUT2D eigenvalue weighted by Crippen LogP contribution is -2.38. The van der Waals surface area contributed by atoms with Crippen molar-refractivity contribution >= 4 is 17.7 Å². The molecule has 0 saturated carbocycles. The Kier molecular flexibility index (Phi) is 9.31.